The molecule has 0 heterocycles. The largest absolute Gasteiger partial charge is 0.373 e. The lowest BCUT2D eigenvalue weighted by atomic mass is 10.2. The van der Waals surface area contributed by atoms with E-state index in [4.69, 9.17) is 23.2 Å². The fraction of sp³-hybridized carbons (Fsp3) is 0.182. The molecule has 0 amide bonds. The van der Waals surface area contributed by atoms with E-state index in [2.05, 4.69) is 0 Å². The number of hydrogen-bond acceptors (Lipinski definition) is 3. The van der Waals surface area contributed by atoms with Crippen LogP contribution in [0.4, 0.5) is 11.4 Å². The van der Waals surface area contributed by atoms with Crippen LogP contribution in [0.1, 0.15) is 5.56 Å². The van der Waals surface area contributed by atoms with Crippen LogP contribution in [0.15, 0.2) is 77.7 Å². The van der Waals surface area contributed by atoms with Crippen molar-refractivity contribution >= 4 is 44.6 Å². The van der Waals surface area contributed by atoms with E-state index >= 15 is 0 Å². The maximum atomic E-state index is 13.4. The van der Waals surface area contributed by atoms with Crippen LogP contribution in [0.3, 0.4) is 0 Å². The van der Waals surface area contributed by atoms with Gasteiger partial charge in [0.25, 0.3) is 10.0 Å². The molecular formula is C22H22Cl2N2O2S. The molecule has 7 heteroatoms. The lowest BCUT2D eigenvalue weighted by Gasteiger charge is -2.28. The summed E-state index contributed by atoms with van der Waals surface area (Å²) in [7, 11) is -1.81. The van der Waals surface area contributed by atoms with Crippen LogP contribution in [0.2, 0.25) is 10.0 Å². The molecule has 4 nitrogen and oxygen atoms in total. The van der Waals surface area contributed by atoms with Gasteiger partial charge in [0.05, 0.1) is 17.1 Å². The van der Waals surface area contributed by atoms with Crippen LogP contribution in [0.5, 0.6) is 0 Å². The molecule has 0 aliphatic rings. The van der Waals surface area contributed by atoms with Gasteiger partial charge in [-0.2, -0.15) is 0 Å². The fourth-order valence-electron chi connectivity index (χ4n) is 2.90. The smallest absolute Gasteiger partial charge is 0.264 e. The third-order valence-corrected chi connectivity index (χ3v) is 6.97. The van der Waals surface area contributed by atoms with E-state index in [1.54, 1.807) is 48.5 Å². The van der Waals surface area contributed by atoms with Gasteiger partial charge in [-0.1, -0.05) is 40.9 Å². The first-order valence-corrected chi connectivity index (χ1v) is 11.3. The summed E-state index contributed by atoms with van der Waals surface area (Å²) in [5, 5.41) is 1.21. The number of anilines is 2. The van der Waals surface area contributed by atoms with E-state index in [1.807, 2.05) is 43.1 Å². The van der Waals surface area contributed by atoms with Crippen LogP contribution in [-0.4, -0.2) is 28.6 Å². The second-order valence-electron chi connectivity index (χ2n) is 6.76. The highest BCUT2D eigenvalue weighted by atomic mass is 35.5. The molecule has 3 aromatic carbocycles. The number of halogens is 2. The minimum absolute atomic E-state index is 0.257. The first-order valence-electron chi connectivity index (χ1n) is 9.09. The predicted octanol–water partition coefficient (Wildman–Crippen LogP) is 5.63. The van der Waals surface area contributed by atoms with Crippen molar-refractivity contribution in [3.63, 3.8) is 0 Å². The van der Waals surface area contributed by atoms with Crippen molar-refractivity contribution < 1.29 is 8.42 Å². The summed E-state index contributed by atoms with van der Waals surface area (Å²) in [6, 6.07) is 21.1. The average molecular weight is 449 g/mol. The van der Waals surface area contributed by atoms with Crippen molar-refractivity contribution in [2.24, 2.45) is 0 Å². The Bertz CT molecular complexity index is 1050. The summed E-state index contributed by atoms with van der Waals surface area (Å²) in [5.74, 6) is 0. The summed E-state index contributed by atoms with van der Waals surface area (Å²) in [6.45, 7) is 2.70. The van der Waals surface area contributed by atoms with Crippen molar-refractivity contribution in [3.05, 3.63) is 88.4 Å². The van der Waals surface area contributed by atoms with E-state index in [0.29, 0.717) is 22.3 Å². The van der Waals surface area contributed by atoms with Crippen LogP contribution in [-0.2, 0) is 10.0 Å². The molecule has 0 radical (unpaired) electrons. The molecule has 3 rings (SSSR count). The van der Waals surface area contributed by atoms with Gasteiger partial charge in [0.1, 0.15) is 0 Å². The molecule has 3 aromatic rings. The van der Waals surface area contributed by atoms with Gasteiger partial charge < -0.3 is 4.90 Å². The molecule has 0 unspecified atom stereocenters. The molecule has 0 saturated heterocycles. The highest BCUT2D eigenvalue weighted by Gasteiger charge is 2.25. The Kier molecular flexibility index (Phi) is 6.73. The molecule has 0 atom stereocenters. The zero-order chi connectivity index (χ0) is 21.0. The third kappa shape index (κ3) is 5.24. The highest BCUT2D eigenvalue weighted by molar-refractivity contribution is 7.92. The molecule has 0 aromatic heterocycles. The number of hydrogen-bond donors (Lipinski definition) is 0. The summed E-state index contributed by atoms with van der Waals surface area (Å²) >= 11 is 12.0. The second-order valence-corrected chi connectivity index (χ2v) is 9.50. The van der Waals surface area contributed by atoms with E-state index < -0.39 is 10.0 Å². The molecule has 152 valence electrons. The van der Waals surface area contributed by atoms with E-state index in [-0.39, 0.29) is 11.4 Å². The van der Waals surface area contributed by atoms with Crippen molar-refractivity contribution in [1.29, 1.82) is 0 Å². The quantitative estimate of drug-likeness (QED) is 0.469. The van der Waals surface area contributed by atoms with Crippen LogP contribution in [0.25, 0.3) is 0 Å². The minimum Gasteiger partial charge on any atom is -0.373 e. The molecular weight excluding hydrogens is 427 g/mol. The summed E-state index contributed by atoms with van der Waals surface area (Å²) in [6.07, 6.45) is 0. The SMILES string of the molecule is Cc1ccc(S(=O)(=O)N(CCN(C)c2ccc(Cl)cc2)c2ccc(Cl)cc2)cc1. The number of aryl methyl sites for hydroxylation is 1. The minimum atomic E-state index is -3.73. The zero-order valence-electron chi connectivity index (χ0n) is 16.2. The maximum Gasteiger partial charge on any atom is 0.264 e. The number of sulfonamides is 1. The predicted molar refractivity (Wildman–Crippen MR) is 122 cm³/mol. The van der Waals surface area contributed by atoms with Crippen LogP contribution < -0.4 is 9.21 Å². The Morgan fingerprint density at radius 1 is 0.724 bits per heavy atom. The van der Waals surface area contributed by atoms with Gasteiger partial charge in [0.15, 0.2) is 0 Å². The molecule has 0 bridgehead atoms. The lowest BCUT2D eigenvalue weighted by molar-refractivity contribution is 0.590. The molecule has 0 fully saturated rings. The van der Waals surface area contributed by atoms with E-state index in [1.165, 1.54) is 4.31 Å². The summed E-state index contributed by atoms with van der Waals surface area (Å²) < 4.78 is 28.2. The number of nitrogens with zero attached hydrogens (tertiary/aromatic N) is 2. The Labute approximate surface area is 182 Å². The van der Waals surface area contributed by atoms with Gasteiger partial charge in [0, 0.05) is 29.3 Å². The number of likely N-dealkylation sites (N-methyl/N-ethyl adjacent to an activating group) is 1. The van der Waals surface area contributed by atoms with Crippen molar-refractivity contribution in [1.82, 2.24) is 0 Å². The topological polar surface area (TPSA) is 40.6 Å². The van der Waals surface area contributed by atoms with Gasteiger partial charge in [-0.05, 0) is 67.6 Å². The Hall–Kier alpha value is -2.21. The highest BCUT2D eigenvalue weighted by Crippen LogP contribution is 2.26. The van der Waals surface area contributed by atoms with Crippen molar-refractivity contribution in [2.45, 2.75) is 11.8 Å². The summed E-state index contributed by atoms with van der Waals surface area (Å²) in [5.41, 5.74) is 2.53. The second kappa shape index (κ2) is 9.08. The fourth-order valence-corrected chi connectivity index (χ4v) is 4.61. The van der Waals surface area contributed by atoms with Gasteiger partial charge in [0.2, 0.25) is 0 Å². The first-order chi connectivity index (χ1) is 13.8. The zero-order valence-corrected chi connectivity index (χ0v) is 18.5. The van der Waals surface area contributed by atoms with Crippen molar-refractivity contribution in [3.8, 4) is 0 Å². The van der Waals surface area contributed by atoms with Gasteiger partial charge in [-0.3, -0.25) is 4.31 Å². The summed E-state index contributed by atoms with van der Waals surface area (Å²) in [4.78, 5) is 2.25. The van der Waals surface area contributed by atoms with Crippen LogP contribution >= 0.6 is 23.2 Å². The standard InChI is InChI=1S/C22H22Cl2N2O2S/c1-17-3-13-22(14-4-17)29(27,28)26(21-11-7-19(24)8-12-21)16-15-25(2)20-9-5-18(23)6-10-20/h3-14H,15-16H2,1-2H3. The first kappa shape index (κ1) is 21.5. The molecule has 29 heavy (non-hydrogen) atoms. The lowest BCUT2D eigenvalue weighted by Crippen LogP contribution is -2.37. The number of benzene rings is 3. The van der Waals surface area contributed by atoms with Crippen molar-refractivity contribution in [2.75, 3.05) is 29.3 Å². The molecule has 0 aliphatic heterocycles. The van der Waals surface area contributed by atoms with Gasteiger partial charge in [-0.15, -0.1) is 0 Å². The Balaban J connectivity index is 1.89. The van der Waals surface area contributed by atoms with Gasteiger partial charge in [-0.25, -0.2) is 8.42 Å². The Morgan fingerprint density at radius 3 is 1.72 bits per heavy atom. The molecule has 0 spiro atoms. The normalized spacial score (nSPS) is 11.3. The van der Waals surface area contributed by atoms with Gasteiger partial charge >= 0.3 is 0 Å². The Morgan fingerprint density at radius 2 is 1.21 bits per heavy atom. The molecule has 0 saturated carbocycles. The maximum absolute atomic E-state index is 13.4. The van der Waals surface area contributed by atoms with E-state index in [9.17, 15) is 8.42 Å². The molecule has 0 aliphatic carbocycles. The monoisotopic (exact) mass is 448 g/mol. The number of rotatable bonds is 7. The average Bonchev–Trinajstić information content (AvgIpc) is 2.70. The van der Waals surface area contributed by atoms with Crippen LogP contribution in [0, 0.1) is 6.92 Å². The van der Waals surface area contributed by atoms with E-state index in [0.717, 1.165) is 11.3 Å². The third-order valence-electron chi connectivity index (χ3n) is 4.63. The molecule has 0 N–H and O–H groups in total.